The van der Waals surface area contributed by atoms with Crippen LogP contribution in [-0.4, -0.2) is 5.11 Å². The molecule has 0 aliphatic carbocycles. The first kappa shape index (κ1) is 15.0. The summed E-state index contributed by atoms with van der Waals surface area (Å²) < 4.78 is 0.840. The van der Waals surface area contributed by atoms with Crippen LogP contribution in [0.3, 0.4) is 0 Å². The molecule has 1 nitrogen and oxygen atoms in total. The van der Waals surface area contributed by atoms with Gasteiger partial charge < -0.3 is 5.11 Å². The molecule has 0 heterocycles. The molecule has 1 rings (SSSR count). The molecule has 1 N–H and O–H groups in total. The highest BCUT2D eigenvalue weighted by Gasteiger charge is 2.17. The fourth-order valence-electron chi connectivity index (χ4n) is 2.19. The van der Waals surface area contributed by atoms with Crippen molar-refractivity contribution < 1.29 is 5.11 Å². The Morgan fingerprint density at radius 3 is 2.47 bits per heavy atom. The standard InChI is InChI=1S/C14H20BrClO/c1-9(2)7-10(3)8-13(17)11-5-4-6-12(15)14(11)16/h4-6,9-10,13,17H,7-8H2,1-3H3. The van der Waals surface area contributed by atoms with Gasteiger partial charge >= 0.3 is 0 Å². The molecule has 1 aromatic rings. The van der Waals surface area contributed by atoms with Crippen molar-refractivity contribution in [2.45, 2.75) is 39.7 Å². The Morgan fingerprint density at radius 2 is 1.88 bits per heavy atom. The second kappa shape index (κ2) is 6.77. The van der Waals surface area contributed by atoms with E-state index in [4.69, 9.17) is 11.6 Å². The molecule has 0 bridgehead atoms. The molecule has 2 atom stereocenters. The van der Waals surface area contributed by atoms with Crippen LogP contribution in [0.15, 0.2) is 22.7 Å². The Balaban J connectivity index is 2.69. The van der Waals surface area contributed by atoms with Gasteiger partial charge in [-0.1, -0.05) is 44.5 Å². The maximum atomic E-state index is 10.2. The maximum absolute atomic E-state index is 10.2. The van der Waals surface area contributed by atoms with E-state index in [1.807, 2.05) is 18.2 Å². The van der Waals surface area contributed by atoms with E-state index in [9.17, 15) is 5.11 Å². The smallest absolute Gasteiger partial charge is 0.0807 e. The van der Waals surface area contributed by atoms with Crippen molar-refractivity contribution in [3.05, 3.63) is 33.3 Å². The summed E-state index contributed by atoms with van der Waals surface area (Å²) in [6.07, 6.45) is 1.41. The number of aliphatic hydroxyl groups excluding tert-OH is 1. The molecule has 0 aliphatic rings. The van der Waals surface area contributed by atoms with Gasteiger partial charge in [-0.2, -0.15) is 0 Å². The van der Waals surface area contributed by atoms with Gasteiger partial charge in [0.2, 0.25) is 0 Å². The monoisotopic (exact) mass is 318 g/mol. The van der Waals surface area contributed by atoms with Gasteiger partial charge in [0, 0.05) is 10.0 Å². The van der Waals surface area contributed by atoms with Crippen LogP contribution < -0.4 is 0 Å². The van der Waals surface area contributed by atoms with Crippen molar-refractivity contribution in [1.82, 2.24) is 0 Å². The van der Waals surface area contributed by atoms with Crippen molar-refractivity contribution in [3.63, 3.8) is 0 Å². The van der Waals surface area contributed by atoms with Crippen LogP contribution >= 0.6 is 27.5 Å². The van der Waals surface area contributed by atoms with E-state index in [1.54, 1.807) is 0 Å². The normalized spacial score (nSPS) is 15.0. The maximum Gasteiger partial charge on any atom is 0.0807 e. The van der Waals surface area contributed by atoms with E-state index < -0.39 is 6.10 Å². The molecular weight excluding hydrogens is 300 g/mol. The molecule has 0 amide bonds. The summed E-state index contributed by atoms with van der Waals surface area (Å²) in [5.74, 6) is 1.16. The zero-order valence-electron chi connectivity index (χ0n) is 10.6. The number of halogens is 2. The van der Waals surface area contributed by atoms with Gasteiger partial charge in [-0.05, 0) is 46.7 Å². The molecule has 0 spiro atoms. The molecule has 0 radical (unpaired) electrons. The predicted octanol–water partition coefficient (Wildman–Crippen LogP) is 5.21. The van der Waals surface area contributed by atoms with Crippen LogP contribution in [0.4, 0.5) is 0 Å². The van der Waals surface area contributed by atoms with Gasteiger partial charge in [0.25, 0.3) is 0 Å². The van der Waals surface area contributed by atoms with Crippen LogP contribution in [0.1, 0.15) is 45.3 Å². The Bertz CT molecular complexity index is 365. The molecular formula is C14H20BrClO. The van der Waals surface area contributed by atoms with Crippen LogP contribution in [0.2, 0.25) is 5.02 Å². The minimum absolute atomic E-state index is 0.478. The molecule has 0 aromatic heterocycles. The summed E-state index contributed by atoms with van der Waals surface area (Å²) in [7, 11) is 0. The zero-order valence-corrected chi connectivity index (χ0v) is 12.9. The SMILES string of the molecule is CC(C)CC(C)CC(O)c1cccc(Br)c1Cl. The largest absolute Gasteiger partial charge is 0.388 e. The average Bonchev–Trinajstić information content (AvgIpc) is 2.20. The predicted molar refractivity (Wildman–Crippen MR) is 77.3 cm³/mol. The third-order valence-electron chi connectivity index (χ3n) is 2.84. The lowest BCUT2D eigenvalue weighted by atomic mass is 9.91. The van der Waals surface area contributed by atoms with Crippen molar-refractivity contribution in [1.29, 1.82) is 0 Å². The number of aliphatic hydroxyl groups is 1. The van der Waals surface area contributed by atoms with Gasteiger partial charge in [0.1, 0.15) is 0 Å². The van der Waals surface area contributed by atoms with E-state index >= 15 is 0 Å². The minimum Gasteiger partial charge on any atom is -0.388 e. The van der Waals surface area contributed by atoms with Gasteiger partial charge in [0.15, 0.2) is 0 Å². The summed E-state index contributed by atoms with van der Waals surface area (Å²) in [6.45, 7) is 6.58. The van der Waals surface area contributed by atoms with E-state index in [1.165, 1.54) is 0 Å². The van der Waals surface area contributed by atoms with Crippen molar-refractivity contribution in [2.24, 2.45) is 11.8 Å². The molecule has 96 valence electrons. The molecule has 2 unspecified atom stereocenters. The average molecular weight is 320 g/mol. The molecule has 0 aliphatic heterocycles. The molecule has 17 heavy (non-hydrogen) atoms. The minimum atomic E-state index is -0.478. The quantitative estimate of drug-likeness (QED) is 0.790. The van der Waals surface area contributed by atoms with E-state index in [0.29, 0.717) is 16.9 Å². The van der Waals surface area contributed by atoms with Gasteiger partial charge in [-0.15, -0.1) is 0 Å². The lowest BCUT2D eigenvalue weighted by Crippen LogP contribution is -2.07. The van der Waals surface area contributed by atoms with Crippen LogP contribution in [0.25, 0.3) is 0 Å². The highest BCUT2D eigenvalue weighted by Crippen LogP contribution is 2.33. The summed E-state index contributed by atoms with van der Waals surface area (Å²) in [4.78, 5) is 0. The van der Waals surface area contributed by atoms with Crippen LogP contribution in [-0.2, 0) is 0 Å². The number of hydrogen-bond donors (Lipinski definition) is 1. The highest BCUT2D eigenvalue weighted by molar-refractivity contribution is 9.10. The van der Waals surface area contributed by atoms with Gasteiger partial charge in [-0.3, -0.25) is 0 Å². The molecule has 3 heteroatoms. The first-order chi connectivity index (χ1) is 7.91. The first-order valence-electron chi connectivity index (χ1n) is 6.03. The number of benzene rings is 1. The summed E-state index contributed by atoms with van der Waals surface area (Å²) in [5, 5.41) is 10.8. The van der Waals surface area contributed by atoms with E-state index in [2.05, 4.69) is 36.7 Å². The Morgan fingerprint density at radius 1 is 1.24 bits per heavy atom. The van der Waals surface area contributed by atoms with E-state index in [0.717, 1.165) is 22.9 Å². The Kier molecular flexibility index (Phi) is 5.98. The van der Waals surface area contributed by atoms with Gasteiger partial charge in [0.05, 0.1) is 11.1 Å². The lowest BCUT2D eigenvalue weighted by molar-refractivity contribution is 0.142. The van der Waals surface area contributed by atoms with Crippen molar-refractivity contribution in [2.75, 3.05) is 0 Å². The summed E-state index contributed by atoms with van der Waals surface area (Å²) in [6, 6.07) is 5.68. The fourth-order valence-corrected chi connectivity index (χ4v) is 2.82. The van der Waals surface area contributed by atoms with Crippen LogP contribution in [0, 0.1) is 11.8 Å². The summed E-state index contributed by atoms with van der Waals surface area (Å²) >= 11 is 9.55. The first-order valence-corrected chi connectivity index (χ1v) is 7.20. The van der Waals surface area contributed by atoms with E-state index in [-0.39, 0.29) is 0 Å². The number of rotatable bonds is 5. The Labute approximate surface area is 117 Å². The van der Waals surface area contributed by atoms with Crippen molar-refractivity contribution in [3.8, 4) is 0 Å². The Hall–Kier alpha value is -0.0500. The second-order valence-electron chi connectivity index (χ2n) is 5.13. The topological polar surface area (TPSA) is 20.2 Å². The van der Waals surface area contributed by atoms with Crippen LogP contribution in [0.5, 0.6) is 0 Å². The third kappa shape index (κ3) is 4.61. The zero-order chi connectivity index (χ0) is 13.0. The lowest BCUT2D eigenvalue weighted by Gasteiger charge is -2.19. The summed E-state index contributed by atoms with van der Waals surface area (Å²) in [5.41, 5.74) is 0.816. The highest BCUT2D eigenvalue weighted by atomic mass is 79.9. The third-order valence-corrected chi connectivity index (χ3v) is 4.15. The molecule has 0 fully saturated rings. The van der Waals surface area contributed by atoms with Gasteiger partial charge in [-0.25, -0.2) is 0 Å². The molecule has 1 aromatic carbocycles. The fraction of sp³-hybridized carbons (Fsp3) is 0.571. The molecule has 0 saturated carbocycles. The van der Waals surface area contributed by atoms with Crippen molar-refractivity contribution >= 4 is 27.5 Å². The number of hydrogen-bond acceptors (Lipinski definition) is 1. The second-order valence-corrected chi connectivity index (χ2v) is 6.36. The molecule has 0 saturated heterocycles.